The minimum atomic E-state index is -0.251. The molecule has 0 aliphatic carbocycles. The molecule has 2 fully saturated rings. The van der Waals surface area contributed by atoms with E-state index in [4.69, 9.17) is 4.74 Å². The number of benzene rings is 2. The van der Waals surface area contributed by atoms with Crippen molar-refractivity contribution in [1.82, 2.24) is 9.88 Å². The van der Waals surface area contributed by atoms with Gasteiger partial charge in [0.25, 0.3) is 0 Å². The predicted octanol–water partition coefficient (Wildman–Crippen LogP) is 5.39. The highest BCUT2D eigenvalue weighted by Gasteiger charge is 2.43. The number of amides is 1. The fourth-order valence-corrected chi connectivity index (χ4v) is 5.14. The lowest BCUT2D eigenvalue weighted by Gasteiger charge is -2.47. The van der Waals surface area contributed by atoms with Crippen molar-refractivity contribution in [1.29, 1.82) is 0 Å². The molecule has 5 rings (SSSR count). The molecule has 2 atom stereocenters. The zero-order chi connectivity index (χ0) is 21.2. The number of nitrogens with zero attached hydrogens (tertiary/aromatic N) is 2. The molecule has 5 nitrogen and oxygen atoms in total. The van der Waals surface area contributed by atoms with Crippen LogP contribution in [0.4, 0.5) is 4.79 Å². The van der Waals surface area contributed by atoms with E-state index in [1.54, 1.807) is 6.20 Å². The van der Waals surface area contributed by atoms with Crippen molar-refractivity contribution >= 4 is 22.8 Å². The molecule has 2 unspecified atom stereocenters. The van der Waals surface area contributed by atoms with E-state index in [1.807, 2.05) is 65.6 Å². The third-order valence-electron chi connectivity index (χ3n) is 6.65. The van der Waals surface area contributed by atoms with E-state index in [0.717, 1.165) is 41.3 Å². The zero-order valence-corrected chi connectivity index (χ0v) is 17.4. The molecule has 2 bridgehead atoms. The number of pyridine rings is 1. The van der Waals surface area contributed by atoms with Crippen LogP contribution in [0.15, 0.2) is 66.9 Å². The first-order valence-corrected chi connectivity index (χ1v) is 11.1. The normalized spacial score (nSPS) is 22.8. The SMILES string of the molecule is O=C(c1ccc2cccnc2c1)C1CC2CCCC(C1)N2C(=O)OCc1ccccc1. The molecule has 2 aromatic carbocycles. The van der Waals surface area contributed by atoms with E-state index in [-0.39, 0.29) is 36.5 Å². The van der Waals surface area contributed by atoms with Crippen molar-refractivity contribution in [3.8, 4) is 0 Å². The first-order valence-electron chi connectivity index (χ1n) is 11.1. The van der Waals surface area contributed by atoms with E-state index in [1.165, 1.54) is 0 Å². The highest BCUT2D eigenvalue weighted by molar-refractivity contribution is 6.00. The molecule has 1 amide bonds. The van der Waals surface area contributed by atoms with Crippen molar-refractivity contribution in [2.45, 2.75) is 50.8 Å². The minimum Gasteiger partial charge on any atom is -0.445 e. The second kappa shape index (κ2) is 8.50. The average Bonchev–Trinajstić information content (AvgIpc) is 2.81. The largest absolute Gasteiger partial charge is 0.445 e. The molecular formula is C26H26N2O3. The predicted molar refractivity (Wildman–Crippen MR) is 119 cm³/mol. The Morgan fingerprint density at radius 2 is 1.74 bits per heavy atom. The maximum absolute atomic E-state index is 13.3. The monoisotopic (exact) mass is 414 g/mol. The average molecular weight is 415 g/mol. The van der Waals surface area contributed by atoms with Gasteiger partial charge in [0, 0.05) is 35.1 Å². The number of ketones is 1. The Hall–Kier alpha value is -3.21. The van der Waals surface area contributed by atoms with Gasteiger partial charge < -0.3 is 9.64 Å². The molecule has 0 N–H and O–H groups in total. The summed E-state index contributed by atoms with van der Waals surface area (Å²) >= 11 is 0. The van der Waals surface area contributed by atoms with Gasteiger partial charge in [0.1, 0.15) is 6.61 Å². The Morgan fingerprint density at radius 3 is 2.52 bits per heavy atom. The van der Waals surface area contributed by atoms with Gasteiger partial charge in [0.15, 0.2) is 5.78 Å². The fraction of sp³-hybridized carbons (Fsp3) is 0.346. The molecule has 2 saturated heterocycles. The highest BCUT2D eigenvalue weighted by atomic mass is 16.6. The summed E-state index contributed by atoms with van der Waals surface area (Å²) in [5.74, 6) is 0.108. The maximum atomic E-state index is 13.3. The lowest BCUT2D eigenvalue weighted by atomic mass is 9.76. The van der Waals surface area contributed by atoms with Crippen LogP contribution in [-0.4, -0.2) is 33.8 Å². The fourth-order valence-electron chi connectivity index (χ4n) is 5.14. The number of carbonyl (C=O) groups is 2. The van der Waals surface area contributed by atoms with Gasteiger partial charge in [-0.1, -0.05) is 48.5 Å². The molecule has 3 heterocycles. The molecule has 2 aliphatic rings. The molecule has 0 saturated carbocycles. The van der Waals surface area contributed by atoms with E-state index in [2.05, 4.69) is 4.98 Å². The van der Waals surface area contributed by atoms with Crippen LogP contribution in [0.1, 0.15) is 48.0 Å². The highest BCUT2D eigenvalue weighted by Crippen LogP contribution is 2.39. The van der Waals surface area contributed by atoms with Gasteiger partial charge >= 0.3 is 6.09 Å². The first-order chi connectivity index (χ1) is 15.2. The van der Waals surface area contributed by atoms with Crippen LogP contribution in [0.5, 0.6) is 0 Å². The number of carbonyl (C=O) groups excluding carboxylic acids is 2. The number of rotatable bonds is 4. The Labute approximate surface area is 182 Å². The maximum Gasteiger partial charge on any atom is 0.410 e. The molecule has 1 aromatic heterocycles. The molecule has 158 valence electrons. The molecule has 0 spiro atoms. The second-order valence-electron chi connectivity index (χ2n) is 8.63. The summed E-state index contributed by atoms with van der Waals surface area (Å²) in [6.45, 7) is 0.280. The number of hydrogen-bond donors (Lipinski definition) is 0. The Kier molecular flexibility index (Phi) is 5.41. The zero-order valence-electron chi connectivity index (χ0n) is 17.4. The van der Waals surface area contributed by atoms with Crippen molar-refractivity contribution in [2.24, 2.45) is 5.92 Å². The van der Waals surface area contributed by atoms with Crippen LogP contribution >= 0.6 is 0 Å². The van der Waals surface area contributed by atoms with Crippen molar-refractivity contribution in [3.63, 3.8) is 0 Å². The second-order valence-corrected chi connectivity index (χ2v) is 8.63. The van der Waals surface area contributed by atoms with Crippen molar-refractivity contribution in [3.05, 3.63) is 78.0 Å². The van der Waals surface area contributed by atoms with Crippen LogP contribution < -0.4 is 0 Å². The third-order valence-corrected chi connectivity index (χ3v) is 6.65. The molecular weight excluding hydrogens is 388 g/mol. The Bertz CT molecular complexity index is 1080. The summed E-state index contributed by atoms with van der Waals surface area (Å²) in [7, 11) is 0. The topological polar surface area (TPSA) is 59.5 Å². The van der Waals surface area contributed by atoms with Gasteiger partial charge in [-0.2, -0.15) is 0 Å². The quantitative estimate of drug-likeness (QED) is 0.537. The van der Waals surface area contributed by atoms with E-state index in [9.17, 15) is 9.59 Å². The number of hydrogen-bond acceptors (Lipinski definition) is 4. The van der Waals surface area contributed by atoms with Crippen molar-refractivity contribution in [2.75, 3.05) is 0 Å². The van der Waals surface area contributed by atoms with Gasteiger partial charge in [0.2, 0.25) is 0 Å². The van der Waals surface area contributed by atoms with Crippen molar-refractivity contribution < 1.29 is 14.3 Å². The summed E-state index contributed by atoms with van der Waals surface area (Å²) in [5, 5.41) is 1.03. The standard InChI is InChI=1S/C26H26N2O3/c29-25(20-12-11-19-8-5-13-27-24(19)16-20)21-14-22-9-4-10-23(15-21)28(22)26(30)31-17-18-6-2-1-3-7-18/h1-3,5-8,11-13,16,21-23H,4,9-10,14-15,17H2. The van der Waals surface area contributed by atoms with Gasteiger partial charge in [0.05, 0.1) is 5.52 Å². The van der Waals surface area contributed by atoms with Crippen LogP contribution in [0.25, 0.3) is 10.9 Å². The van der Waals surface area contributed by atoms with Gasteiger partial charge in [-0.15, -0.1) is 0 Å². The lowest BCUT2D eigenvalue weighted by molar-refractivity contribution is 0.00473. The summed E-state index contributed by atoms with van der Waals surface area (Å²) in [6.07, 6.45) is 5.87. The minimum absolute atomic E-state index is 0.0605. The molecule has 2 aliphatic heterocycles. The van der Waals surface area contributed by atoms with Crippen LogP contribution in [-0.2, 0) is 11.3 Å². The summed E-state index contributed by atoms with van der Waals surface area (Å²) in [5.41, 5.74) is 2.54. The van der Waals surface area contributed by atoms with E-state index < -0.39 is 0 Å². The van der Waals surface area contributed by atoms with Gasteiger partial charge in [-0.25, -0.2) is 4.79 Å². The number of aromatic nitrogens is 1. The number of fused-ring (bicyclic) bond motifs is 3. The first kappa shape index (κ1) is 19.7. The molecule has 0 radical (unpaired) electrons. The van der Waals surface area contributed by atoms with Crippen LogP contribution in [0.3, 0.4) is 0 Å². The van der Waals surface area contributed by atoms with Gasteiger partial charge in [-0.05, 0) is 49.8 Å². The number of piperidine rings is 2. The Morgan fingerprint density at radius 1 is 0.968 bits per heavy atom. The van der Waals surface area contributed by atoms with Gasteiger partial charge in [-0.3, -0.25) is 9.78 Å². The number of Topliss-reactive ketones (excluding diaryl/α,β-unsaturated/α-hetero) is 1. The molecule has 31 heavy (non-hydrogen) atoms. The van der Waals surface area contributed by atoms with E-state index in [0.29, 0.717) is 12.8 Å². The Balaban J connectivity index is 1.29. The smallest absolute Gasteiger partial charge is 0.410 e. The lowest BCUT2D eigenvalue weighted by Crippen LogP contribution is -2.55. The number of ether oxygens (including phenoxy) is 1. The molecule has 5 heteroatoms. The molecule has 3 aromatic rings. The van der Waals surface area contributed by atoms with Crippen LogP contribution in [0.2, 0.25) is 0 Å². The summed E-state index contributed by atoms with van der Waals surface area (Å²) < 4.78 is 5.63. The van der Waals surface area contributed by atoms with Crippen LogP contribution in [0, 0.1) is 5.92 Å². The summed E-state index contributed by atoms with van der Waals surface area (Å²) in [6, 6.07) is 19.6. The summed E-state index contributed by atoms with van der Waals surface area (Å²) in [4.78, 5) is 32.5. The third kappa shape index (κ3) is 4.05. The van der Waals surface area contributed by atoms with E-state index >= 15 is 0 Å².